The van der Waals surface area contributed by atoms with Gasteiger partial charge in [0.1, 0.15) is 0 Å². The minimum absolute atomic E-state index is 0.140. The fourth-order valence-corrected chi connectivity index (χ4v) is 2.80. The van der Waals surface area contributed by atoms with Crippen molar-refractivity contribution < 1.29 is 4.79 Å². The Morgan fingerprint density at radius 3 is 2.41 bits per heavy atom. The number of piperazine rings is 1. The third-order valence-electron chi connectivity index (χ3n) is 4.12. The summed E-state index contributed by atoms with van der Waals surface area (Å²) in [7, 11) is 1.93. The van der Waals surface area contributed by atoms with Gasteiger partial charge in [-0.25, -0.2) is 0 Å². The van der Waals surface area contributed by atoms with Gasteiger partial charge in [0.2, 0.25) is 0 Å². The van der Waals surface area contributed by atoms with Crippen molar-refractivity contribution >= 4 is 5.91 Å². The van der Waals surface area contributed by atoms with Crippen molar-refractivity contribution in [1.82, 2.24) is 19.6 Å². The molecule has 0 aliphatic carbocycles. The maximum absolute atomic E-state index is 12.5. The minimum Gasteiger partial charge on any atom is -0.336 e. The third-order valence-corrected chi connectivity index (χ3v) is 4.12. The van der Waals surface area contributed by atoms with E-state index in [9.17, 15) is 4.79 Å². The van der Waals surface area contributed by atoms with Gasteiger partial charge in [0.15, 0.2) is 0 Å². The Hall–Kier alpha value is -2.14. The number of hydrogen-bond acceptors (Lipinski definition) is 3. The van der Waals surface area contributed by atoms with Gasteiger partial charge in [-0.3, -0.25) is 14.4 Å². The Kier molecular flexibility index (Phi) is 4.24. The van der Waals surface area contributed by atoms with Crippen molar-refractivity contribution in [3.8, 4) is 0 Å². The smallest absolute Gasteiger partial charge is 0.253 e. The van der Waals surface area contributed by atoms with E-state index in [-0.39, 0.29) is 5.91 Å². The molecule has 0 saturated carbocycles. The number of aromatic nitrogens is 2. The average Bonchev–Trinajstić information content (AvgIpc) is 2.93. The molecule has 5 nitrogen and oxygen atoms in total. The molecule has 1 amide bonds. The highest BCUT2D eigenvalue weighted by Crippen LogP contribution is 2.12. The van der Waals surface area contributed by atoms with E-state index < -0.39 is 0 Å². The molecule has 5 heteroatoms. The zero-order chi connectivity index (χ0) is 15.5. The number of carbonyl (C=O) groups is 1. The molecule has 1 saturated heterocycles. The van der Waals surface area contributed by atoms with Crippen molar-refractivity contribution in [1.29, 1.82) is 0 Å². The molecule has 3 rings (SSSR count). The number of hydrogen-bond donors (Lipinski definition) is 0. The van der Waals surface area contributed by atoms with Crippen LogP contribution in [0.1, 0.15) is 21.5 Å². The first-order valence-corrected chi connectivity index (χ1v) is 7.67. The van der Waals surface area contributed by atoms with Crippen LogP contribution in [0.5, 0.6) is 0 Å². The normalized spacial score (nSPS) is 16.0. The van der Waals surface area contributed by atoms with E-state index in [1.54, 1.807) is 0 Å². The highest BCUT2D eigenvalue weighted by atomic mass is 16.2. The molecule has 1 aromatic heterocycles. The first-order valence-electron chi connectivity index (χ1n) is 7.67. The van der Waals surface area contributed by atoms with Crippen molar-refractivity contribution in [2.24, 2.45) is 7.05 Å². The summed E-state index contributed by atoms with van der Waals surface area (Å²) in [4.78, 5) is 16.8. The molecule has 0 unspecified atom stereocenters. The van der Waals surface area contributed by atoms with Crippen LogP contribution in [-0.4, -0.2) is 51.7 Å². The largest absolute Gasteiger partial charge is 0.336 e. The van der Waals surface area contributed by atoms with E-state index in [0.717, 1.165) is 38.3 Å². The number of carbonyl (C=O) groups excluding carboxylic acids is 1. The van der Waals surface area contributed by atoms with Crippen LogP contribution in [0, 0.1) is 6.92 Å². The van der Waals surface area contributed by atoms with E-state index in [1.807, 2.05) is 60.2 Å². The van der Waals surface area contributed by atoms with Crippen LogP contribution in [0.3, 0.4) is 0 Å². The van der Waals surface area contributed by atoms with Gasteiger partial charge in [0.25, 0.3) is 5.91 Å². The maximum atomic E-state index is 12.5. The van der Waals surface area contributed by atoms with Crippen molar-refractivity contribution in [2.75, 3.05) is 26.2 Å². The van der Waals surface area contributed by atoms with Crippen molar-refractivity contribution in [3.63, 3.8) is 0 Å². The van der Waals surface area contributed by atoms with E-state index >= 15 is 0 Å². The molecule has 1 aromatic carbocycles. The molecular formula is C17H22N4O. The lowest BCUT2D eigenvalue weighted by atomic mass is 10.1. The number of rotatable bonds is 3. The second-order valence-electron chi connectivity index (χ2n) is 5.96. The number of nitrogens with zero attached hydrogens (tertiary/aromatic N) is 4. The second-order valence-corrected chi connectivity index (χ2v) is 5.96. The summed E-state index contributed by atoms with van der Waals surface area (Å²) in [5, 5.41) is 4.20. The SMILES string of the molecule is Cc1ccc(C(=O)N2CCN(Cc3cnn(C)c3)CC2)cc1. The van der Waals surface area contributed by atoms with E-state index in [0.29, 0.717) is 0 Å². The quantitative estimate of drug-likeness (QED) is 0.866. The van der Waals surface area contributed by atoms with E-state index in [1.165, 1.54) is 11.1 Å². The molecule has 22 heavy (non-hydrogen) atoms. The molecule has 1 fully saturated rings. The van der Waals surface area contributed by atoms with E-state index in [4.69, 9.17) is 0 Å². The lowest BCUT2D eigenvalue weighted by Gasteiger charge is -2.34. The number of amides is 1. The van der Waals surface area contributed by atoms with Crippen LogP contribution in [0.2, 0.25) is 0 Å². The van der Waals surface area contributed by atoms with Crippen molar-refractivity contribution in [2.45, 2.75) is 13.5 Å². The molecule has 2 aromatic rings. The molecule has 1 aliphatic rings. The first-order chi connectivity index (χ1) is 10.6. The lowest BCUT2D eigenvalue weighted by Crippen LogP contribution is -2.48. The van der Waals surface area contributed by atoms with Gasteiger partial charge >= 0.3 is 0 Å². The molecule has 2 heterocycles. The number of benzene rings is 1. The number of aryl methyl sites for hydroxylation is 2. The van der Waals surface area contributed by atoms with Gasteiger partial charge in [-0.15, -0.1) is 0 Å². The monoisotopic (exact) mass is 298 g/mol. The predicted molar refractivity (Wildman–Crippen MR) is 85.6 cm³/mol. The van der Waals surface area contributed by atoms with Crippen LogP contribution in [0.25, 0.3) is 0 Å². The van der Waals surface area contributed by atoms with Gasteiger partial charge in [-0.1, -0.05) is 17.7 Å². The van der Waals surface area contributed by atoms with Crippen LogP contribution < -0.4 is 0 Å². The molecule has 0 radical (unpaired) electrons. The van der Waals surface area contributed by atoms with Crippen LogP contribution in [-0.2, 0) is 13.6 Å². The topological polar surface area (TPSA) is 41.4 Å². The lowest BCUT2D eigenvalue weighted by molar-refractivity contribution is 0.0628. The first kappa shape index (κ1) is 14.8. The molecular weight excluding hydrogens is 276 g/mol. The molecule has 0 atom stereocenters. The zero-order valence-electron chi connectivity index (χ0n) is 13.2. The van der Waals surface area contributed by atoms with Gasteiger partial charge < -0.3 is 4.90 Å². The van der Waals surface area contributed by atoms with Crippen molar-refractivity contribution in [3.05, 3.63) is 53.3 Å². The standard InChI is InChI=1S/C17H22N4O/c1-14-3-5-16(6-4-14)17(22)21-9-7-20(8-10-21)13-15-11-18-19(2)12-15/h3-6,11-12H,7-10,13H2,1-2H3. The summed E-state index contributed by atoms with van der Waals surface area (Å²) in [5.41, 5.74) is 3.19. The Bertz CT molecular complexity index is 639. The van der Waals surface area contributed by atoms with Crippen LogP contribution in [0.4, 0.5) is 0 Å². The van der Waals surface area contributed by atoms with Gasteiger partial charge in [0.05, 0.1) is 6.20 Å². The molecule has 0 bridgehead atoms. The summed E-state index contributed by atoms with van der Waals surface area (Å²) in [6.45, 7) is 6.32. The minimum atomic E-state index is 0.140. The Morgan fingerprint density at radius 2 is 1.82 bits per heavy atom. The third kappa shape index (κ3) is 3.36. The van der Waals surface area contributed by atoms with E-state index in [2.05, 4.69) is 10.00 Å². The molecule has 116 valence electrons. The Balaban J connectivity index is 1.55. The Labute approximate surface area is 131 Å². The van der Waals surface area contributed by atoms with Gasteiger partial charge in [0, 0.05) is 57.1 Å². The summed E-state index contributed by atoms with van der Waals surface area (Å²) in [6.07, 6.45) is 3.95. The maximum Gasteiger partial charge on any atom is 0.253 e. The fraction of sp³-hybridized carbons (Fsp3) is 0.412. The predicted octanol–water partition coefficient (Wildman–Crippen LogP) is 1.69. The second kappa shape index (κ2) is 6.32. The Morgan fingerprint density at radius 1 is 1.14 bits per heavy atom. The zero-order valence-corrected chi connectivity index (χ0v) is 13.2. The molecule has 0 N–H and O–H groups in total. The summed E-state index contributed by atoms with van der Waals surface area (Å²) in [6, 6.07) is 7.82. The van der Waals surface area contributed by atoms with Gasteiger partial charge in [-0.05, 0) is 19.1 Å². The van der Waals surface area contributed by atoms with Gasteiger partial charge in [-0.2, -0.15) is 5.10 Å². The summed E-state index contributed by atoms with van der Waals surface area (Å²) < 4.78 is 1.83. The highest BCUT2D eigenvalue weighted by Gasteiger charge is 2.22. The molecule has 0 spiro atoms. The highest BCUT2D eigenvalue weighted by molar-refractivity contribution is 5.94. The average molecular weight is 298 g/mol. The van der Waals surface area contributed by atoms with Crippen LogP contribution in [0.15, 0.2) is 36.7 Å². The summed E-state index contributed by atoms with van der Waals surface area (Å²) >= 11 is 0. The summed E-state index contributed by atoms with van der Waals surface area (Å²) in [5.74, 6) is 0.140. The molecule has 1 aliphatic heterocycles. The van der Waals surface area contributed by atoms with Crippen LogP contribution >= 0.6 is 0 Å². The fourth-order valence-electron chi connectivity index (χ4n) is 2.80.